The summed E-state index contributed by atoms with van der Waals surface area (Å²) < 4.78 is 4.64. The summed E-state index contributed by atoms with van der Waals surface area (Å²) in [5.41, 5.74) is 0. The lowest BCUT2D eigenvalue weighted by atomic mass is 10.1. The van der Waals surface area contributed by atoms with Crippen LogP contribution in [0.4, 0.5) is 5.82 Å². The molecule has 1 N–H and O–H groups in total. The molecule has 0 aliphatic rings. The fourth-order valence-electron chi connectivity index (χ4n) is 2.22. The maximum atomic E-state index is 12.1. The van der Waals surface area contributed by atoms with Gasteiger partial charge in [-0.25, -0.2) is 0 Å². The van der Waals surface area contributed by atoms with E-state index >= 15 is 0 Å². The van der Waals surface area contributed by atoms with Gasteiger partial charge in [-0.1, -0.05) is 44.2 Å². The van der Waals surface area contributed by atoms with Crippen molar-refractivity contribution in [2.75, 3.05) is 18.4 Å². The second-order valence-corrected chi connectivity index (χ2v) is 5.36. The number of rotatable bonds is 11. The van der Waals surface area contributed by atoms with Gasteiger partial charge in [-0.2, -0.15) is 0 Å². The van der Waals surface area contributed by atoms with Gasteiger partial charge in [-0.15, -0.1) is 0 Å². The van der Waals surface area contributed by atoms with Crippen molar-refractivity contribution in [3.63, 3.8) is 0 Å². The fraction of sp³-hybridized carbons (Fsp3) is 0.688. The van der Waals surface area contributed by atoms with E-state index in [9.17, 15) is 9.59 Å². The maximum absolute atomic E-state index is 12.1. The lowest BCUT2D eigenvalue weighted by Crippen LogP contribution is -2.37. The van der Waals surface area contributed by atoms with Gasteiger partial charge in [0.15, 0.2) is 5.82 Å². The molecule has 6 nitrogen and oxygen atoms in total. The van der Waals surface area contributed by atoms with Crippen LogP contribution in [0.2, 0.25) is 0 Å². The number of nitrogens with one attached hydrogen (secondary N) is 1. The molecule has 22 heavy (non-hydrogen) atoms. The number of anilines is 1. The summed E-state index contributed by atoms with van der Waals surface area (Å²) >= 11 is 0. The Labute approximate surface area is 132 Å². The summed E-state index contributed by atoms with van der Waals surface area (Å²) in [6.45, 7) is 4.65. The number of carbonyl (C=O) groups excluding carboxylic acids is 2. The van der Waals surface area contributed by atoms with Crippen LogP contribution in [0.5, 0.6) is 0 Å². The van der Waals surface area contributed by atoms with Crippen LogP contribution >= 0.6 is 0 Å². The van der Waals surface area contributed by atoms with Gasteiger partial charge in [0.2, 0.25) is 11.8 Å². The van der Waals surface area contributed by atoms with E-state index in [-0.39, 0.29) is 18.4 Å². The molecule has 1 rings (SSSR count). The number of amides is 2. The van der Waals surface area contributed by atoms with Crippen LogP contribution in [-0.2, 0) is 9.59 Å². The summed E-state index contributed by atoms with van der Waals surface area (Å²) in [7, 11) is 0. The van der Waals surface area contributed by atoms with Gasteiger partial charge in [-0.3, -0.25) is 9.59 Å². The molecule has 0 saturated carbocycles. The number of hydrogen-bond donors (Lipinski definition) is 1. The molecule has 1 aromatic rings. The molecule has 1 aromatic heterocycles. The molecule has 0 atom stereocenters. The Morgan fingerprint density at radius 3 is 2.55 bits per heavy atom. The lowest BCUT2D eigenvalue weighted by Gasteiger charge is -2.20. The van der Waals surface area contributed by atoms with Crippen LogP contribution in [0.3, 0.4) is 0 Å². The minimum atomic E-state index is -0.257. The van der Waals surface area contributed by atoms with E-state index in [0.717, 1.165) is 12.8 Å². The van der Waals surface area contributed by atoms with Crippen molar-refractivity contribution in [2.45, 2.75) is 58.8 Å². The third-order valence-corrected chi connectivity index (χ3v) is 3.52. The van der Waals surface area contributed by atoms with Gasteiger partial charge in [0.1, 0.15) is 6.26 Å². The van der Waals surface area contributed by atoms with Crippen LogP contribution in [0.1, 0.15) is 58.8 Å². The van der Waals surface area contributed by atoms with Crippen LogP contribution in [0.15, 0.2) is 16.9 Å². The van der Waals surface area contributed by atoms with Crippen molar-refractivity contribution in [1.82, 2.24) is 10.1 Å². The van der Waals surface area contributed by atoms with Gasteiger partial charge < -0.3 is 14.7 Å². The first-order valence-electron chi connectivity index (χ1n) is 8.15. The van der Waals surface area contributed by atoms with Gasteiger partial charge in [0.05, 0.1) is 6.54 Å². The van der Waals surface area contributed by atoms with E-state index in [1.807, 2.05) is 6.92 Å². The van der Waals surface area contributed by atoms with Crippen molar-refractivity contribution in [2.24, 2.45) is 0 Å². The minimum absolute atomic E-state index is 0.0355. The normalized spacial score (nSPS) is 10.5. The highest BCUT2D eigenvalue weighted by atomic mass is 16.5. The Bertz CT molecular complexity index is 432. The third-order valence-electron chi connectivity index (χ3n) is 3.52. The molecule has 1 heterocycles. The summed E-state index contributed by atoms with van der Waals surface area (Å²) in [4.78, 5) is 25.5. The number of carbonyl (C=O) groups is 2. The lowest BCUT2D eigenvalue weighted by molar-refractivity contribution is -0.134. The van der Waals surface area contributed by atoms with Crippen LogP contribution in [0, 0.1) is 0 Å². The highest BCUT2D eigenvalue weighted by molar-refractivity contribution is 5.93. The van der Waals surface area contributed by atoms with Gasteiger partial charge in [-0.05, 0) is 13.3 Å². The highest BCUT2D eigenvalue weighted by Gasteiger charge is 2.15. The smallest absolute Gasteiger partial charge is 0.245 e. The molecule has 0 saturated heterocycles. The van der Waals surface area contributed by atoms with Crippen molar-refractivity contribution in [3.05, 3.63) is 12.3 Å². The topological polar surface area (TPSA) is 75.4 Å². The molecule has 0 fully saturated rings. The molecule has 0 aromatic carbocycles. The first-order valence-corrected chi connectivity index (χ1v) is 8.15. The van der Waals surface area contributed by atoms with Crippen molar-refractivity contribution < 1.29 is 14.1 Å². The molecule has 0 spiro atoms. The van der Waals surface area contributed by atoms with Crippen LogP contribution in [-0.4, -0.2) is 35.0 Å². The Morgan fingerprint density at radius 1 is 1.18 bits per heavy atom. The quantitative estimate of drug-likeness (QED) is 0.637. The summed E-state index contributed by atoms with van der Waals surface area (Å²) in [6, 6.07) is 1.56. The highest BCUT2D eigenvalue weighted by Crippen LogP contribution is 2.09. The van der Waals surface area contributed by atoms with E-state index in [0.29, 0.717) is 18.8 Å². The summed E-state index contributed by atoms with van der Waals surface area (Å²) in [5.74, 6) is 0.143. The Kier molecular flexibility index (Phi) is 8.95. The Morgan fingerprint density at radius 2 is 1.91 bits per heavy atom. The van der Waals surface area contributed by atoms with E-state index < -0.39 is 0 Å². The average molecular weight is 309 g/mol. The molecule has 0 aliphatic heterocycles. The molecule has 0 bridgehead atoms. The molecule has 0 aliphatic carbocycles. The first-order chi connectivity index (χ1) is 10.7. The molecule has 2 amide bonds. The average Bonchev–Trinajstić information content (AvgIpc) is 3.01. The van der Waals surface area contributed by atoms with E-state index in [1.54, 1.807) is 11.0 Å². The predicted molar refractivity (Wildman–Crippen MR) is 85.4 cm³/mol. The number of aromatic nitrogens is 1. The number of likely N-dealkylation sites (N-methyl/N-ethyl adjacent to an activating group) is 1. The third kappa shape index (κ3) is 7.24. The monoisotopic (exact) mass is 309 g/mol. The van der Waals surface area contributed by atoms with Gasteiger partial charge in [0.25, 0.3) is 0 Å². The predicted octanol–water partition coefficient (Wildman–Crippen LogP) is 3.21. The second-order valence-electron chi connectivity index (χ2n) is 5.36. The summed E-state index contributed by atoms with van der Waals surface area (Å²) in [5, 5.41) is 6.20. The second kappa shape index (κ2) is 10.8. The van der Waals surface area contributed by atoms with E-state index in [2.05, 4.69) is 21.9 Å². The maximum Gasteiger partial charge on any atom is 0.245 e. The standard InChI is InChI=1S/C16H27N3O3/c1-3-5-6-7-8-9-10-16(21)19(4-2)13-15(20)17-14-11-12-22-18-14/h11-12H,3-10,13H2,1-2H3,(H,17,18,20). The zero-order chi connectivity index (χ0) is 16.2. The molecule has 124 valence electrons. The number of hydrogen-bond acceptors (Lipinski definition) is 4. The molecule has 0 unspecified atom stereocenters. The van der Waals surface area contributed by atoms with Crippen molar-refractivity contribution >= 4 is 17.6 Å². The Hall–Kier alpha value is -1.85. The van der Waals surface area contributed by atoms with Gasteiger partial charge in [0, 0.05) is 19.0 Å². The first kappa shape index (κ1) is 18.2. The van der Waals surface area contributed by atoms with E-state index in [1.165, 1.54) is 31.9 Å². The largest absolute Gasteiger partial charge is 0.363 e. The zero-order valence-corrected chi connectivity index (χ0v) is 13.6. The zero-order valence-electron chi connectivity index (χ0n) is 13.6. The van der Waals surface area contributed by atoms with Gasteiger partial charge >= 0.3 is 0 Å². The SMILES string of the molecule is CCCCCCCCC(=O)N(CC)CC(=O)Nc1ccon1. The van der Waals surface area contributed by atoms with Crippen LogP contribution < -0.4 is 5.32 Å². The van der Waals surface area contributed by atoms with E-state index in [4.69, 9.17) is 0 Å². The fourth-order valence-corrected chi connectivity index (χ4v) is 2.22. The number of unbranched alkanes of at least 4 members (excludes halogenated alkanes) is 5. The molecular weight excluding hydrogens is 282 g/mol. The molecule has 6 heteroatoms. The number of nitrogens with zero attached hydrogens (tertiary/aromatic N) is 2. The van der Waals surface area contributed by atoms with Crippen molar-refractivity contribution in [3.8, 4) is 0 Å². The Balaban J connectivity index is 2.24. The minimum Gasteiger partial charge on any atom is -0.363 e. The van der Waals surface area contributed by atoms with Crippen molar-refractivity contribution in [1.29, 1.82) is 0 Å². The van der Waals surface area contributed by atoms with Crippen LogP contribution in [0.25, 0.3) is 0 Å². The summed E-state index contributed by atoms with van der Waals surface area (Å²) in [6.07, 6.45) is 8.77. The molecular formula is C16H27N3O3. The molecule has 0 radical (unpaired) electrons.